The molecule has 3 rings (SSSR count). The van der Waals surface area contributed by atoms with E-state index in [2.05, 4.69) is 17.3 Å². The summed E-state index contributed by atoms with van der Waals surface area (Å²) >= 11 is 0. The van der Waals surface area contributed by atoms with Crippen LogP contribution >= 0.6 is 0 Å². The van der Waals surface area contributed by atoms with Crippen molar-refractivity contribution < 1.29 is 4.79 Å². The second-order valence-electron chi connectivity index (χ2n) is 6.65. The van der Waals surface area contributed by atoms with Gasteiger partial charge in [0.15, 0.2) is 0 Å². The van der Waals surface area contributed by atoms with Crippen molar-refractivity contribution in [2.45, 2.75) is 52.6 Å². The van der Waals surface area contributed by atoms with Gasteiger partial charge in [-0.15, -0.1) is 0 Å². The van der Waals surface area contributed by atoms with Gasteiger partial charge in [-0.25, -0.2) is 4.68 Å². The molecule has 1 saturated carbocycles. The fraction of sp³-hybridized carbons (Fsp3) is 0.500. The molecule has 1 N–H and O–H groups in total. The number of carbonyl (C=O) groups excluding carboxylic acids is 1. The summed E-state index contributed by atoms with van der Waals surface area (Å²) in [5.74, 6) is 1.30. The lowest BCUT2D eigenvalue weighted by Gasteiger charge is -2.15. The Hall–Kier alpha value is -2.37. The van der Waals surface area contributed by atoms with Crippen LogP contribution in [0.15, 0.2) is 29.1 Å². The third-order valence-electron chi connectivity index (χ3n) is 4.65. The first kappa shape index (κ1) is 16.5. The molecule has 0 bridgehead atoms. The molecule has 2 aromatic heterocycles. The van der Waals surface area contributed by atoms with E-state index in [0.29, 0.717) is 18.5 Å². The van der Waals surface area contributed by atoms with Gasteiger partial charge in [0.05, 0.1) is 11.7 Å². The Kier molecular flexibility index (Phi) is 4.55. The highest BCUT2D eigenvalue weighted by Gasteiger charge is 2.31. The van der Waals surface area contributed by atoms with Crippen molar-refractivity contribution in [2.24, 2.45) is 5.92 Å². The minimum absolute atomic E-state index is 0.0777. The van der Waals surface area contributed by atoms with Crippen LogP contribution in [0.5, 0.6) is 0 Å². The van der Waals surface area contributed by atoms with Gasteiger partial charge in [0.25, 0.3) is 5.56 Å². The summed E-state index contributed by atoms with van der Waals surface area (Å²) in [6, 6.07) is 7.31. The molecule has 24 heavy (non-hydrogen) atoms. The molecule has 128 valence electrons. The lowest BCUT2D eigenvalue weighted by Crippen LogP contribution is -2.25. The molecule has 0 aliphatic heterocycles. The molecule has 0 aromatic carbocycles. The molecule has 1 atom stereocenters. The summed E-state index contributed by atoms with van der Waals surface area (Å²) in [4.78, 5) is 24.2. The number of amides is 1. The van der Waals surface area contributed by atoms with Crippen molar-refractivity contribution in [3.05, 3.63) is 46.0 Å². The third-order valence-corrected chi connectivity index (χ3v) is 4.65. The maximum Gasteiger partial charge on any atom is 0.250 e. The fourth-order valence-corrected chi connectivity index (χ4v) is 3.03. The summed E-state index contributed by atoms with van der Waals surface area (Å²) in [6.45, 7) is 6.32. The maximum absolute atomic E-state index is 12.3. The molecule has 2 aromatic rings. The van der Waals surface area contributed by atoms with Crippen LogP contribution in [-0.4, -0.2) is 20.3 Å². The minimum Gasteiger partial charge on any atom is -0.312 e. The Morgan fingerprint density at radius 2 is 2.12 bits per heavy atom. The molecule has 1 aliphatic carbocycles. The number of carbonyl (C=O) groups is 1. The lowest BCUT2D eigenvalue weighted by atomic mass is 10.2. The predicted molar refractivity (Wildman–Crippen MR) is 93.1 cm³/mol. The molecular formula is C18H24N4O2. The molecule has 2 heterocycles. The molecule has 6 nitrogen and oxygen atoms in total. The summed E-state index contributed by atoms with van der Waals surface area (Å²) in [7, 11) is 0. The second-order valence-corrected chi connectivity index (χ2v) is 6.65. The highest BCUT2D eigenvalue weighted by atomic mass is 16.2. The highest BCUT2D eigenvalue weighted by Crippen LogP contribution is 2.40. The zero-order valence-corrected chi connectivity index (χ0v) is 14.5. The van der Waals surface area contributed by atoms with Crippen molar-refractivity contribution in [1.29, 1.82) is 0 Å². The van der Waals surface area contributed by atoms with Gasteiger partial charge in [-0.3, -0.25) is 9.59 Å². The predicted octanol–water partition coefficient (Wildman–Crippen LogP) is 2.66. The lowest BCUT2D eigenvalue weighted by molar-refractivity contribution is -0.116. The first-order valence-corrected chi connectivity index (χ1v) is 8.48. The molecule has 0 radical (unpaired) electrons. The molecule has 1 amide bonds. The van der Waals surface area contributed by atoms with E-state index in [0.717, 1.165) is 17.2 Å². The number of hydrogen-bond donors (Lipinski definition) is 1. The Morgan fingerprint density at radius 1 is 1.38 bits per heavy atom. The van der Waals surface area contributed by atoms with Crippen molar-refractivity contribution in [2.75, 3.05) is 5.32 Å². The Morgan fingerprint density at radius 3 is 2.79 bits per heavy atom. The zero-order chi connectivity index (χ0) is 17.3. The molecule has 1 fully saturated rings. The van der Waals surface area contributed by atoms with Crippen molar-refractivity contribution in [3.63, 3.8) is 0 Å². The summed E-state index contributed by atoms with van der Waals surface area (Å²) in [5, 5.41) is 7.47. The van der Waals surface area contributed by atoms with Gasteiger partial charge in [0, 0.05) is 30.8 Å². The zero-order valence-electron chi connectivity index (χ0n) is 14.5. The van der Waals surface area contributed by atoms with E-state index in [4.69, 9.17) is 0 Å². The van der Waals surface area contributed by atoms with Gasteiger partial charge in [-0.1, -0.05) is 6.07 Å². The largest absolute Gasteiger partial charge is 0.312 e. The molecule has 6 heteroatoms. The summed E-state index contributed by atoms with van der Waals surface area (Å²) < 4.78 is 3.54. The number of aryl methyl sites for hydroxylation is 2. The highest BCUT2D eigenvalue weighted by molar-refractivity contribution is 5.89. The van der Waals surface area contributed by atoms with Gasteiger partial charge < -0.3 is 9.88 Å². The van der Waals surface area contributed by atoms with Crippen molar-refractivity contribution in [1.82, 2.24) is 14.3 Å². The van der Waals surface area contributed by atoms with Crippen LogP contribution in [0.4, 0.5) is 5.82 Å². The molecule has 1 aliphatic rings. The molecule has 0 spiro atoms. The Balaban J connectivity index is 1.66. The minimum atomic E-state index is -0.102. The van der Waals surface area contributed by atoms with Crippen LogP contribution in [0.25, 0.3) is 0 Å². The number of nitrogens with one attached hydrogen (secondary N) is 1. The number of anilines is 1. The van der Waals surface area contributed by atoms with E-state index in [1.807, 2.05) is 30.7 Å². The Bertz CT molecular complexity index is 802. The van der Waals surface area contributed by atoms with E-state index in [-0.39, 0.29) is 17.9 Å². The van der Waals surface area contributed by atoms with E-state index in [9.17, 15) is 9.59 Å². The van der Waals surface area contributed by atoms with Crippen molar-refractivity contribution >= 4 is 11.7 Å². The number of aromatic nitrogens is 3. The topological polar surface area (TPSA) is 68.9 Å². The van der Waals surface area contributed by atoms with Gasteiger partial charge >= 0.3 is 0 Å². The average Bonchev–Trinajstić information content (AvgIpc) is 3.30. The Labute approximate surface area is 141 Å². The van der Waals surface area contributed by atoms with E-state index >= 15 is 0 Å². The quantitative estimate of drug-likeness (QED) is 0.886. The van der Waals surface area contributed by atoms with Gasteiger partial charge in [0.2, 0.25) is 5.91 Å². The number of nitrogens with zero attached hydrogens (tertiary/aromatic N) is 3. The van der Waals surface area contributed by atoms with Gasteiger partial charge in [-0.05, 0) is 45.6 Å². The van der Waals surface area contributed by atoms with Gasteiger partial charge in [0.1, 0.15) is 5.82 Å². The van der Waals surface area contributed by atoms with E-state index in [1.54, 1.807) is 10.6 Å². The molecule has 0 saturated heterocycles. The molecule has 1 unspecified atom stereocenters. The monoisotopic (exact) mass is 328 g/mol. The van der Waals surface area contributed by atoms with E-state index < -0.39 is 0 Å². The van der Waals surface area contributed by atoms with Crippen LogP contribution in [0.1, 0.15) is 43.6 Å². The first-order valence-electron chi connectivity index (χ1n) is 8.48. The summed E-state index contributed by atoms with van der Waals surface area (Å²) in [5.41, 5.74) is 1.68. The SMILES string of the molecule is Cc1cc(NC(=O)CCn2c(C)cccc2=O)n(C(C)C2CC2)n1. The molecular weight excluding hydrogens is 304 g/mol. The van der Waals surface area contributed by atoms with Crippen LogP contribution in [0.2, 0.25) is 0 Å². The van der Waals surface area contributed by atoms with Crippen LogP contribution < -0.4 is 10.9 Å². The smallest absolute Gasteiger partial charge is 0.250 e. The number of pyridine rings is 1. The normalized spacial score (nSPS) is 15.3. The van der Waals surface area contributed by atoms with Crippen LogP contribution in [0, 0.1) is 19.8 Å². The third kappa shape index (κ3) is 3.58. The van der Waals surface area contributed by atoms with Crippen LogP contribution in [0.3, 0.4) is 0 Å². The summed E-state index contributed by atoms with van der Waals surface area (Å²) in [6.07, 6.45) is 2.71. The standard InChI is InChI=1S/C18H24N4O2/c1-12-11-16(22(20-12)14(3)15-7-8-15)19-17(23)9-10-21-13(2)5-4-6-18(21)24/h4-6,11,14-15H,7-10H2,1-3H3,(H,19,23). The van der Waals surface area contributed by atoms with Gasteiger partial charge in [-0.2, -0.15) is 5.10 Å². The van der Waals surface area contributed by atoms with Crippen LogP contribution in [-0.2, 0) is 11.3 Å². The fourth-order valence-electron chi connectivity index (χ4n) is 3.03. The number of rotatable bonds is 6. The number of hydrogen-bond acceptors (Lipinski definition) is 3. The second kappa shape index (κ2) is 6.63. The van der Waals surface area contributed by atoms with E-state index in [1.165, 1.54) is 18.9 Å². The maximum atomic E-state index is 12.3. The average molecular weight is 328 g/mol. The first-order chi connectivity index (χ1) is 11.5. The van der Waals surface area contributed by atoms with Crippen molar-refractivity contribution in [3.8, 4) is 0 Å².